The zero-order chi connectivity index (χ0) is 13.2. The minimum Gasteiger partial charge on any atom is -0.393 e. The molecule has 1 N–H and O–H groups in total. The largest absolute Gasteiger partial charge is 0.393 e. The Morgan fingerprint density at radius 2 is 1.95 bits per heavy atom. The molecule has 3 rings (SSSR count). The lowest BCUT2D eigenvalue weighted by Crippen LogP contribution is -2.44. The topological polar surface area (TPSA) is 23.5 Å². The molecule has 2 aliphatic rings. The van der Waals surface area contributed by atoms with Crippen molar-refractivity contribution in [3.63, 3.8) is 0 Å². The van der Waals surface area contributed by atoms with E-state index in [-0.39, 0.29) is 6.10 Å². The molecular formula is C17H25NO. The molecule has 0 spiro atoms. The summed E-state index contributed by atoms with van der Waals surface area (Å²) in [5.74, 6) is 0.461. The first-order chi connectivity index (χ1) is 9.25. The summed E-state index contributed by atoms with van der Waals surface area (Å²) < 4.78 is 0. The summed E-state index contributed by atoms with van der Waals surface area (Å²) in [6, 6.07) is 9.39. The molecule has 1 aromatic rings. The first-order valence-electron chi connectivity index (χ1n) is 7.78. The normalized spacial score (nSPS) is 31.1. The fraction of sp³-hybridized carbons (Fsp3) is 0.647. The second-order valence-electron chi connectivity index (χ2n) is 6.28. The van der Waals surface area contributed by atoms with Crippen LogP contribution in [0.3, 0.4) is 0 Å². The van der Waals surface area contributed by atoms with Crippen molar-refractivity contribution >= 4 is 5.69 Å². The molecule has 3 atom stereocenters. The van der Waals surface area contributed by atoms with Crippen LogP contribution in [0.2, 0.25) is 0 Å². The van der Waals surface area contributed by atoms with Crippen LogP contribution in [0.5, 0.6) is 0 Å². The number of benzene rings is 1. The summed E-state index contributed by atoms with van der Waals surface area (Å²) in [4.78, 5) is 2.54. The van der Waals surface area contributed by atoms with E-state index in [9.17, 15) is 5.11 Å². The fourth-order valence-electron chi connectivity index (χ4n) is 3.69. The molecule has 1 aliphatic heterocycles. The van der Waals surface area contributed by atoms with E-state index in [0.29, 0.717) is 12.0 Å². The average Bonchev–Trinajstić information content (AvgIpc) is 2.44. The minimum absolute atomic E-state index is 0.0879. The van der Waals surface area contributed by atoms with Crippen LogP contribution in [0.4, 0.5) is 5.69 Å². The highest BCUT2D eigenvalue weighted by Crippen LogP contribution is 2.33. The molecule has 0 bridgehead atoms. The zero-order valence-corrected chi connectivity index (χ0v) is 11.9. The highest BCUT2D eigenvalue weighted by Gasteiger charge is 2.29. The average molecular weight is 259 g/mol. The van der Waals surface area contributed by atoms with Gasteiger partial charge in [-0.05, 0) is 44.2 Å². The Hall–Kier alpha value is -1.02. The van der Waals surface area contributed by atoms with Crippen LogP contribution in [0, 0.1) is 5.92 Å². The summed E-state index contributed by atoms with van der Waals surface area (Å²) in [6.07, 6.45) is 7.01. The van der Waals surface area contributed by atoms with Crippen molar-refractivity contribution < 1.29 is 5.11 Å². The Morgan fingerprint density at radius 1 is 1.16 bits per heavy atom. The van der Waals surface area contributed by atoms with Gasteiger partial charge in [-0.3, -0.25) is 0 Å². The molecule has 0 aromatic heterocycles. The molecule has 19 heavy (non-hydrogen) atoms. The third kappa shape index (κ3) is 2.64. The van der Waals surface area contributed by atoms with Gasteiger partial charge >= 0.3 is 0 Å². The SMILES string of the molecule is CC1CCc2ccccc2N1CC1CCCCC1O. The van der Waals surface area contributed by atoms with E-state index in [1.807, 2.05) is 0 Å². The van der Waals surface area contributed by atoms with Crippen LogP contribution in [-0.4, -0.2) is 23.8 Å². The van der Waals surface area contributed by atoms with Crippen molar-refractivity contribution in [2.24, 2.45) is 5.92 Å². The summed E-state index contributed by atoms with van der Waals surface area (Å²) in [5, 5.41) is 10.2. The maximum absolute atomic E-state index is 10.2. The number of aliphatic hydroxyl groups is 1. The van der Waals surface area contributed by atoms with Gasteiger partial charge in [0.15, 0.2) is 0 Å². The van der Waals surface area contributed by atoms with Crippen molar-refractivity contribution in [1.82, 2.24) is 0 Å². The van der Waals surface area contributed by atoms with Crippen LogP contribution in [0.25, 0.3) is 0 Å². The molecule has 2 heteroatoms. The van der Waals surface area contributed by atoms with Crippen molar-refractivity contribution in [3.05, 3.63) is 29.8 Å². The van der Waals surface area contributed by atoms with Gasteiger partial charge in [-0.1, -0.05) is 31.0 Å². The van der Waals surface area contributed by atoms with Crippen molar-refractivity contribution in [2.75, 3.05) is 11.4 Å². The lowest BCUT2D eigenvalue weighted by molar-refractivity contribution is 0.0720. The highest BCUT2D eigenvalue weighted by atomic mass is 16.3. The lowest BCUT2D eigenvalue weighted by Gasteiger charge is -2.41. The predicted molar refractivity (Wildman–Crippen MR) is 79.5 cm³/mol. The third-order valence-electron chi connectivity index (χ3n) is 4.96. The molecule has 1 saturated carbocycles. The quantitative estimate of drug-likeness (QED) is 0.880. The molecule has 1 aromatic carbocycles. The molecule has 0 radical (unpaired) electrons. The van der Waals surface area contributed by atoms with E-state index in [2.05, 4.69) is 36.1 Å². The Labute approximate surface area is 116 Å². The van der Waals surface area contributed by atoms with E-state index in [1.165, 1.54) is 43.4 Å². The Kier molecular flexibility index (Phi) is 3.79. The van der Waals surface area contributed by atoms with Crippen LogP contribution < -0.4 is 4.90 Å². The maximum Gasteiger partial charge on any atom is 0.0585 e. The summed E-state index contributed by atoms with van der Waals surface area (Å²) in [5.41, 5.74) is 2.88. The maximum atomic E-state index is 10.2. The molecule has 3 unspecified atom stereocenters. The number of aliphatic hydroxyl groups excluding tert-OH is 1. The van der Waals surface area contributed by atoms with E-state index in [1.54, 1.807) is 0 Å². The van der Waals surface area contributed by atoms with Gasteiger partial charge in [0.2, 0.25) is 0 Å². The van der Waals surface area contributed by atoms with Gasteiger partial charge in [0.1, 0.15) is 0 Å². The number of rotatable bonds is 2. The van der Waals surface area contributed by atoms with E-state index in [4.69, 9.17) is 0 Å². The van der Waals surface area contributed by atoms with Crippen molar-refractivity contribution in [3.8, 4) is 0 Å². The molecule has 1 fully saturated rings. The predicted octanol–water partition coefficient (Wildman–Crippen LogP) is 3.38. The monoisotopic (exact) mass is 259 g/mol. The van der Waals surface area contributed by atoms with Crippen molar-refractivity contribution in [1.29, 1.82) is 0 Å². The Bertz CT molecular complexity index is 431. The van der Waals surface area contributed by atoms with Crippen molar-refractivity contribution in [2.45, 2.75) is 57.6 Å². The van der Waals surface area contributed by atoms with Gasteiger partial charge in [-0.25, -0.2) is 0 Å². The molecule has 0 saturated heterocycles. The molecule has 104 valence electrons. The molecule has 2 nitrogen and oxygen atoms in total. The van der Waals surface area contributed by atoms with Crippen LogP contribution in [-0.2, 0) is 6.42 Å². The van der Waals surface area contributed by atoms with Crippen LogP contribution in [0.1, 0.15) is 44.6 Å². The smallest absolute Gasteiger partial charge is 0.0585 e. The zero-order valence-electron chi connectivity index (χ0n) is 11.9. The molecular weight excluding hydrogens is 234 g/mol. The standard InChI is InChI=1S/C17H25NO/c1-13-10-11-14-6-2-4-8-16(14)18(13)12-15-7-3-5-9-17(15)19/h2,4,6,8,13,15,17,19H,3,5,7,9-12H2,1H3. The van der Waals surface area contributed by atoms with E-state index < -0.39 is 0 Å². The van der Waals surface area contributed by atoms with Gasteiger partial charge in [0.05, 0.1) is 6.10 Å². The summed E-state index contributed by atoms with van der Waals surface area (Å²) >= 11 is 0. The number of aryl methyl sites for hydroxylation is 1. The number of hydrogen-bond donors (Lipinski definition) is 1. The number of nitrogens with zero attached hydrogens (tertiary/aromatic N) is 1. The Morgan fingerprint density at radius 3 is 2.79 bits per heavy atom. The van der Waals surface area contributed by atoms with Gasteiger partial charge in [-0.15, -0.1) is 0 Å². The van der Waals surface area contributed by atoms with Gasteiger partial charge in [0.25, 0.3) is 0 Å². The Balaban J connectivity index is 1.79. The molecule has 1 aliphatic carbocycles. The molecule has 0 amide bonds. The number of hydrogen-bond acceptors (Lipinski definition) is 2. The third-order valence-corrected chi connectivity index (χ3v) is 4.96. The number of para-hydroxylation sites is 1. The highest BCUT2D eigenvalue weighted by molar-refractivity contribution is 5.56. The van der Waals surface area contributed by atoms with E-state index in [0.717, 1.165) is 13.0 Å². The molecule has 1 heterocycles. The first kappa shape index (κ1) is 13.0. The summed E-state index contributed by atoms with van der Waals surface area (Å²) in [6.45, 7) is 3.35. The summed E-state index contributed by atoms with van der Waals surface area (Å²) in [7, 11) is 0. The fourth-order valence-corrected chi connectivity index (χ4v) is 3.69. The lowest BCUT2D eigenvalue weighted by atomic mass is 9.85. The minimum atomic E-state index is -0.0879. The van der Waals surface area contributed by atoms with Gasteiger partial charge < -0.3 is 10.0 Å². The van der Waals surface area contributed by atoms with Gasteiger partial charge in [0, 0.05) is 24.2 Å². The second-order valence-corrected chi connectivity index (χ2v) is 6.28. The first-order valence-corrected chi connectivity index (χ1v) is 7.78. The number of anilines is 1. The second kappa shape index (κ2) is 5.54. The van der Waals surface area contributed by atoms with E-state index >= 15 is 0 Å². The van der Waals surface area contributed by atoms with Crippen LogP contribution in [0.15, 0.2) is 24.3 Å². The number of fused-ring (bicyclic) bond motifs is 1. The van der Waals surface area contributed by atoms with Gasteiger partial charge in [-0.2, -0.15) is 0 Å². The van der Waals surface area contributed by atoms with Crippen LogP contribution >= 0.6 is 0 Å².